The molecule has 1 rings (SSSR count). The van der Waals surface area contributed by atoms with Gasteiger partial charge in [0.05, 0.1) is 12.5 Å². The van der Waals surface area contributed by atoms with Crippen molar-refractivity contribution in [3.05, 3.63) is 24.2 Å². The van der Waals surface area contributed by atoms with Crippen LogP contribution in [0.25, 0.3) is 0 Å². The fourth-order valence-corrected chi connectivity index (χ4v) is 1.24. The second-order valence-electron chi connectivity index (χ2n) is 2.96. The molecule has 0 fully saturated rings. The van der Waals surface area contributed by atoms with Crippen molar-refractivity contribution < 1.29 is 19.0 Å². The number of hydrogen-bond donors (Lipinski definition) is 1. The van der Waals surface area contributed by atoms with E-state index in [-0.39, 0.29) is 0 Å². The third-order valence-electron chi connectivity index (χ3n) is 1.99. The van der Waals surface area contributed by atoms with E-state index in [4.69, 9.17) is 13.9 Å². The van der Waals surface area contributed by atoms with Crippen LogP contribution in [0, 0.1) is 0 Å². The molecule has 0 aromatic carbocycles. The Hall–Kier alpha value is -0.840. The lowest BCUT2D eigenvalue weighted by molar-refractivity contribution is -0.213. The van der Waals surface area contributed by atoms with Crippen LogP contribution in [0.1, 0.15) is 12.5 Å². The van der Waals surface area contributed by atoms with Crippen molar-refractivity contribution in [1.29, 1.82) is 0 Å². The molecule has 74 valence electrons. The van der Waals surface area contributed by atoms with Crippen LogP contribution in [-0.2, 0) is 15.1 Å². The lowest BCUT2D eigenvalue weighted by Gasteiger charge is -2.29. The highest BCUT2D eigenvalue weighted by Gasteiger charge is 2.35. The van der Waals surface area contributed by atoms with Gasteiger partial charge in [-0.2, -0.15) is 0 Å². The van der Waals surface area contributed by atoms with Crippen molar-refractivity contribution in [3.8, 4) is 0 Å². The first-order chi connectivity index (χ1) is 6.12. The highest BCUT2D eigenvalue weighted by molar-refractivity contribution is 5.15. The van der Waals surface area contributed by atoms with Crippen molar-refractivity contribution in [2.45, 2.75) is 18.8 Å². The molecule has 1 N–H and O–H groups in total. The first-order valence-electron chi connectivity index (χ1n) is 3.93. The first-order valence-corrected chi connectivity index (χ1v) is 3.93. The number of rotatable bonds is 4. The number of methoxy groups -OCH3 is 2. The molecule has 0 aliphatic heterocycles. The summed E-state index contributed by atoms with van der Waals surface area (Å²) in [4.78, 5) is 0. The van der Waals surface area contributed by atoms with E-state index >= 15 is 0 Å². The van der Waals surface area contributed by atoms with Crippen LogP contribution in [0.3, 0.4) is 0 Å². The van der Waals surface area contributed by atoms with Crippen molar-refractivity contribution >= 4 is 0 Å². The van der Waals surface area contributed by atoms with Gasteiger partial charge >= 0.3 is 0 Å². The van der Waals surface area contributed by atoms with Gasteiger partial charge in [0.2, 0.25) is 0 Å². The molecule has 0 spiro atoms. The van der Waals surface area contributed by atoms with Crippen molar-refractivity contribution in [3.63, 3.8) is 0 Å². The van der Waals surface area contributed by atoms with Gasteiger partial charge in [0, 0.05) is 19.8 Å². The second-order valence-corrected chi connectivity index (χ2v) is 2.96. The first kappa shape index (κ1) is 10.2. The SMILES string of the molecule is COC(OC)C(C)(O)c1ccoc1. The highest BCUT2D eigenvalue weighted by Crippen LogP contribution is 2.26. The minimum absolute atomic E-state index is 0.626. The standard InChI is InChI=1S/C9H14O4/c1-9(10,8(11-2)12-3)7-4-5-13-6-7/h4-6,8,10H,1-3H3. The lowest BCUT2D eigenvalue weighted by Crippen LogP contribution is -2.38. The molecule has 1 unspecified atom stereocenters. The number of ether oxygens (including phenoxy) is 2. The number of furan rings is 1. The summed E-state index contributed by atoms with van der Waals surface area (Å²) in [5, 5.41) is 10.0. The Bertz CT molecular complexity index is 236. The zero-order valence-corrected chi connectivity index (χ0v) is 7.98. The van der Waals surface area contributed by atoms with Gasteiger partial charge in [-0.1, -0.05) is 0 Å². The van der Waals surface area contributed by atoms with Gasteiger partial charge in [0.25, 0.3) is 0 Å². The van der Waals surface area contributed by atoms with Crippen LogP contribution in [-0.4, -0.2) is 25.6 Å². The van der Waals surface area contributed by atoms with Crippen molar-refractivity contribution in [2.75, 3.05) is 14.2 Å². The molecule has 13 heavy (non-hydrogen) atoms. The van der Waals surface area contributed by atoms with Crippen molar-refractivity contribution in [2.24, 2.45) is 0 Å². The van der Waals surface area contributed by atoms with Gasteiger partial charge < -0.3 is 19.0 Å². The topological polar surface area (TPSA) is 51.8 Å². The largest absolute Gasteiger partial charge is 0.472 e. The predicted molar refractivity (Wildman–Crippen MR) is 46.1 cm³/mol. The van der Waals surface area contributed by atoms with E-state index in [1.807, 2.05) is 0 Å². The Morgan fingerprint density at radius 2 is 2.08 bits per heavy atom. The summed E-state index contributed by atoms with van der Waals surface area (Å²) in [6.07, 6.45) is 2.25. The van der Waals surface area contributed by atoms with Gasteiger partial charge in [-0.3, -0.25) is 0 Å². The van der Waals surface area contributed by atoms with Crippen LogP contribution in [0.15, 0.2) is 23.0 Å². The Balaban J connectivity index is 2.86. The zero-order chi connectivity index (χ0) is 9.90. The maximum absolute atomic E-state index is 10.0. The normalized spacial score (nSPS) is 16.1. The molecule has 0 radical (unpaired) electrons. The van der Waals surface area contributed by atoms with E-state index in [0.29, 0.717) is 5.56 Å². The van der Waals surface area contributed by atoms with Gasteiger partial charge in [-0.15, -0.1) is 0 Å². The Morgan fingerprint density at radius 1 is 1.46 bits per heavy atom. The summed E-state index contributed by atoms with van der Waals surface area (Å²) in [7, 11) is 2.95. The molecule has 1 aromatic heterocycles. The molecule has 1 aromatic rings. The minimum atomic E-state index is -1.20. The summed E-state index contributed by atoms with van der Waals surface area (Å²) < 4.78 is 14.8. The van der Waals surface area contributed by atoms with Crippen LogP contribution < -0.4 is 0 Å². The molecular formula is C9H14O4. The molecule has 0 amide bonds. The Kier molecular flexibility index (Phi) is 3.08. The lowest BCUT2D eigenvalue weighted by atomic mass is 9.98. The monoisotopic (exact) mass is 186 g/mol. The molecule has 4 nitrogen and oxygen atoms in total. The number of hydrogen-bond acceptors (Lipinski definition) is 4. The molecular weight excluding hydrogens is 172 g/mol. The minimum Gasteiger partial charge on any atom is -0.472 e. The molecule has 0 aliphatic carbocycles. The summed E-state index contributed by atoms with van der Waals surface area (Å²) in [5.74, 6) is 0. The summed E-state index contributed by atoms with van der Waals surface area (Å²) in [5.41, 5.74) is -0.572. The summed E-state index contributed by atoms with van der Waals surface area (Å²) in [6.45, 7) is 1.61. The molecule has 1 atom stereocenters. The van der Waals surface area contributed by atoms with Gasteiger partial charge in [-0.05, 0) is 13.0 Å². The molecule has 1 heterocycles. The van der Waals surface area contributed by atoms with E-state index in [0.717, 1.165) is 0 Å². The van der Waals surface area contributed by atoms with E-state index in [9.17, 15) is 5.11 Å². The van der Waals surface area contributed by atoms with Crippen LogP contribution >= 0.6 is 0 Å². The van der Waals surface area contributed by atoms with Crippen LogP contribution in [0.2, 0.25) is 0 Å². The highest BCUT2D eigenvalue weighted by atomic mass is 16.7. The summed E-state index contributed by atoms with van der Waals surface area (Å²) in [6, 6.07) is 1.67. The molecule has 0 saturated carbocycles. The molecule has 0 bridgehead atoms. The van der Waals surface area contributed by atoms with Crippen LogP contribution in [0.4, 0.5) is 0 Å². The third kappa shape index (κ3) is 1.91. The average Bonchev–Trinajstić information content (AvgIpc) is 2.58. The summed E-state index contributed by atoms with van der Waals surface area (Å²) >= 11 is 0. The Labute approximate surface area is 77.1 Å². The quantitative estimate of drug-likeness (QED) is 0.715. The van der Waals surface area contributed by atoms with Crippen LogP contribution in [0.5, 0.6) is 0 Å². The third-order valence-corrected chi connectivity index (χ3v) is 1.99. The van der Waals surface area contributed by atoms with E-state index in [1.165, 1.54) is 26.7 Å². The molecule has 0 saturated heterocycles. The molecule has 0 aliphatic rings. The Morgan fingerprint density at radius 3 is 2.46 bits per heavy atom. The van der Waals surface area contributed by atoms with Gasteiger partial charge in [-0.25, -0.2) is 0 Å². The maximum Gasteiger partial charge on any atom is 0.189 e. The fraction of sp³-hybridized carbons (Fsp3) is 0.556. The van der Waals surface area contributed by atoms with E-state index < -0.39 is 11.9 Å². The molecule has 4 heteroatoms. The van der Waals surface area contributed by atoms with E-state index in [2.05, 4.69) is 0 Å². The predicted octanol–water partition coefficient (Wildman–Crippen LogP) is 1.11. The zero-order valence-electron chi connectivity index (χ0n) is 7.98. The van der Waals surface area contributed by atoms with E-state index in [1.54, 1.807) is 13.0 Å². The fourth-order valence-electron chi connectivity index (χ4n) is 1.24. The average molecular weight is 186 g/mol. The van der Waals surface area contributed by atoms with Crippen molar-refractivity contribution in [1.82, 2.24) is 0 Å². The maximum atomic E-state index is 10.0. The smallest absolute Gasteiger partial charge is 0.189 e. The van der Waals surface area contributed by atoms with Gasteiger partial charge in [0.1, 0.15) is 5.60 Å². The van der Waals surface area contributed by atoms with Gasteiger partial charge in [0.15, 0.2) is 6.29 Å². The second kappa shape index (κ2) is 3.91. The number of aliphatic hydroxyl groups is 1.